The molecule has 4 rings (SSSR count). The van der Waals surface area contributed by atoms with Gasteiger partial charge in [-0.1, -0.05) is 12.1 Å². The van der Waals surface area contributed by atoms with E-state index in [9.17, 15) is 4.79 Å². The average Bonchev–Trinajstić information content (AvgIpc) is 3.02. The maximum atomic E-state index is 12.5. The summed E-state index contributed by atoms with van der Waals surface area (Å²) < 4.78 is 16.4. The number of ether oxygens (including phenoxy) is 2. The van der Waals surface area contributed by atoms with Crippen molar-refractivity contribution in [2.75, 3.05) is 14.2 Å². The largest absolute Gasteiger partial charge is 0.496 e. The number of imidazole rings is 1. The molecular formula is C18H14N2O4S. The van der Waals surface area contributed by atoms with Crippen molar-refractivity contribution >= 4 is 33.8 Å². The first kappa shape index (κ1) is 15.6. The fraction of sp³-hybridized carbons (Fsp3) is 0.111. The van der Waals surface area contributed by atoms with Crippen molar-refractivity contribution in [2.45, 2.75) is 10.2 Å². The number of fused-ring (bicyclic) bond motifs is 2. The highest BCUT2D eigenvalue weighted by Crippen LogP contribution is 2.33. The van der Waals surface area contributed by atoms with Crippen LogP contribution in [0.1, 0.15) is 0 Å². The second kappa shape index (κ2) is 6.18. The van der Waals surface area contributed by atoms with Crippen LogP contribution in [-0.2, 0) is 0 Å². The van der Waals surface area contributed by atoms with Crippen LogP contribution in [-0.4, -0.2) is 24.2 Å². The summed E-state index contributed by atoms with van der Waals surface area (Å²) >= 11 is 1.25. The molecule has 0 aliphatic heterocycles. The maximum Gasteiger partial charge on any atom is 0.197 e. The zero-order valence-corrected chi connectivity index (χ0v) is 14.3. The Labute approximate surface area is 146 Å². The molecule has 0 aliphatic carbocycles. The van der Waals surface area contributed by atoms with Gasteiger partial charge in [0.15, 0.2) is 15.7 Å². The molecule has 2 aromatic carbocycles. The van der Waals surface area contributed by atoms with Crippen LogP contribution in [0, 0.1) is 0 Å². The number of aromatic nitrogens is 2. The average molecular weight is 354 g/mol. The normalized spacial score (nSPS) is 11.1. The van der Waals surface area contributed by atoms with Gasteiger partial charge in [0.05, 0.1) is 25.3 Å². The van der Waals surface area contributed by atoms with Crippen molar-refractivity contribution in [1.29, 1.82) is 0 Å². The lowest BCUT2D eigenvalue weighted by molar-refractivity contribution is 0.394. The SMILES string of the molecule is COc1cc(OC)c2c(=O)cc(Sc3nc4ccccc4[nH]3)oc2c1. The van der Waals surface area contributed by atoms with Crippen LogP contribution in [0.15, 0.2) is 61.9 Å². The van der Waals surface area contributed by atoms with E-state index < -0.39 is 0 Å². The Kier molecular flexibility index (Phi) is 3.85. The number of nitrogens with zero attached hydrogens (tertiary/aromatic N) is 1. The van der Waals surface area contributed by atoms with E-state index in [1.165, 1.54) is 24.9 Å². The summed E-state index contributed by atoms with van der Waals surface area (Å²) in [6, 6.07) is 12.5. The van der Waals surface area contributed by atoms with E-state index >= 15 is 0 Å². The summed E-state index contributed by atoms with van der Waals surface area (Å²) in [7, 11) is 3.05. The summed E-state index contributed by atoms with van der Waals surface area (Å²) in [6.45, 7) is 0. The molecule has 0 fully saturated rings. The standard InChI is InChI=1S/C18H14N2O4S/c1-22-10-7-14(23-2)17-13(21)9-16(24-15(17)8-10)25-18-19-11-5-3-4-6-12(11)20-18/h3-9H,1-2H3,(H,19,20). The van der Waals surface area contributed by atoms with Crippen molar-refractivity contribution in [3.63, 3.8) is 0 Å². The van der Waals surface area contributed by atoms with Crippen molar-refractivity contribution in [3.8, 4) is 11.5 Å². The third kappa shape index (κ3) is 2.83. The molecule has 0 bridgehead atoms. The van der Waals surface area contributed by atoms with Gasteiger partial charge in [0.1, 0.15) is 22.5 Å². The zero-order valence-electron chi connectivity index (χ0n) is 13.5. The van der Waals surface area contributed by atoms with E-state index in [0.29, 0.717) is 32.7 Å². The van der Waals surface area contributed by atoms with Crippen LogP contribution in [0.2, 0.25) is 0 Å². The Balaban J connectivity index is 1.81. The smallest absolute Gasteiger partial charge is 0.197 e. The van der Waals surface area contributed by atoms with Gasteiger partial charge < -0.3 is 18.9 Å². The van der Waals surface area contributed by atoms with Gasteiger partial charge in [0.2, 0.25) is 0 Å². The van der Waals surface area contributed by atoms with Crippen molar-refractivity contribution in [2.24, 2.45) is 0 Å². The molecule has 2 aromatic heterocycles. The highest BCUT2D eigenvalue weighted by atomic mass is 32.2. The predicted molar refractivity (Wildman–Crippen MR) is 95.8 cm³/mol. The number of aromatic amines is 1. The molecule has 0 amide bonds. The molecule has 1 N–H and O–H groups in total. The molecule has 0 spiro atoms. The van der Waals surface area contributed by atoms with Gasteiger partial charge in [0, 0.05) is 18.2 Å². The summed E-state index contributed by atoms with van der Waals surface area (Å²) in [6.07, 6.45) is 0. The van der Waals surface area contributed by atoms with Gasteiger partial charge in [-0.2, -0.15) is 0 Å². The topological polar surface area (TPSA) is 77.4 Å². The molecule has 25 heavy (non-hydrogen) atoms. The third-order valence-electron chi connectivity index (χ3n) is 3.77. The van der Waals surface area contributed by atoms with Crippen LogP contribution < -0.4 is 14.9 Å². The minimum absolute atomic E-state index is 0.181. The second-order valence-electron chi connectivity index (χ2n) is 5.29. The molecule has 4 aromatic rings. The summed E-state index contributed by atoms with van der Waals surface area (Å²) in [5, 5.41) is 1.47. The predicted octanol–water partition coefficient (Wildman–Crippen LogP) is 3.84. The number of rotatable bonds is 4. The van der Waals surface area contributed by atoms with Crippen LogP contribution in [0.5, 0.6) is 11.5 Å². The molecule has 0 atom stereocenters. The van der Waals surface area contributed by atoms with Gasteiger partial charge >= 0.3 is 0 Å². The molecule has 7 heteroatoms. The first-order chi connectivity index (χ1) is 12.2. The fourth-order valence-corrected chi connectivity index (χ4v) is 3.40. The number of H-pyrrole nitrogens is 1. The molecule has 0 aliphatic rings. The van der Waals surface area contributed by atoms with Gasteiger partial charge in [-0.05, 0) is 23.9 Å². The molecular weight excluding hydrogens is 340 g/mol. The van der Waals surface area contributed by atoms with E-state index in [4.69, 9.17) is 13.9 Å². The van der Waals surface area contributed by atoms with Crippen LogP contribution in [0.3, 0.4) is 0 Å². The maximum absolute atomic E-state index is 12.5. The third-order valence-corrected chi connectivity index (χ3v) is 4.55. The van der Waals surface area contributed by atoms with E-state index in [1.807, 2.05) is 24.3 Å². The van der Waals surface area contributed by atoms with Crippen molar-refractivity contribution in [3.05, 3.63) is 52.7 Å². The Bertz CT molecular complexity index is 1100. The van der Waals surface area contributed by atoms with Gasteiger partial charge in [-0.3, -0.25) is 4.79 Å². The van der Waals surface area contributed by atoms with E-state index in [1.54, 1.807) is 19.2 Å². The van der Waals surface area contributed by atoms with E-state index in [-0.39, 0.29) is 5.43 Å². The lowest BCUT2D eigenvalue weighted by atomic mass is 10.2. The quantitative estimate of drug-likeness (QED) is 0.600. The van der Waals surface area contributed by atoms with Gasteiger partial charge in [-0.15, -0.1) is 0 Å². The number of para-hydroxylation sites is 2. The zero-order chi connectivity index (χ0) is 17.4. The number of methoxy groups -OCH3 is 2. The molecule has 0 saturated carbocycles. The van der Waals surface area contributed by atoms with Crippen LogP contribution in [0.25, 0.3) is 22.0 Å². The Hall–Kier alpha value is -2.93. The molecule has 0 radical (unpaired) electrons. The number of hydrogen-bond donors (Lipinski definition) is 1. The van der Waals surface area contributed by atoms with Gasteiger partial charge in [0.25, 0.3) is 0 Å². The summed E-state index contributed by atoms with van der Waals surface area (Å²) in [5.74, 6) is 0.974. The van der Waals surface area contributed by atoms with Crippen LogP contribution >= 0.6 is 11.8 Å². The van der Waals surface area contributed by atoms with Gasteiger partial charge in [-0.25, -0.2) is 4.98 Å². The highest BCUT2D eigenvalue weighted by Gasteiger charge is 2.14. The molecule has 2 heterocycles. The minimum Gasteiger partial charge on any atom is -0.496 e. The summed E-state index contributed by atoms with van der Waals surface area (Å²) in [5.41, 5.74) is 2.01. The lowest BCUT2D eigenvalue weighted by Gasteiger charge is -2.08. The van der Waals surface area contributed by atoms with E-state index in [2.05, 4.69) is 9.97 Å². The highest BCUT2D eigenvalue weighted by molar-refractivity contribution is 7.99. The molecule has 6 nitrogen and oxygen atoms in total. The monoisotopic (exact) mass is 354 g/mol. The Morgan fingerprint density at radius 1 is 1.12 bits per heavy atom. The lowest BCUT2D eigenvalue weighted by Crippen LogP contribution is -2.03. The molecule has 0 saturated heterocycles. The minimum atomic E-state index is -0.181. The second-order valence-corrected chi connectivity index (χ2v) is 6.29. The van der Waals surface area contributed by atoms with E-state index in [0.717, 1.165) is 11.0 Å². The Morgan fingerprint density at radius 3 is 2.72 bits per heavy atom. The van der Waals surface area contributed by atoms with Crippen molar-refractivity contribution in [1.82, 2.24) is 9.97 Å². The van der Waals surface area contributed by atoms with Crippen LogP contribution in [0.4, 0.5) is 0 Å². The molecule has 126 valence electrons. The first-order valence-electron chi connectivity index (χ1n) is 7.50. The van der Waals surface area contributed by atoms with Crippen molar-refractivity contribution < 1.29 is 13.9 Å². The fourth-order valence-electron chi connectivity index (χ4n) is 2.61. The number of nitrogens with one attached hydrogen (secondary N) is 1. The molecule has 0 unspecified atom stereocenters. The summed E-state index contributed by atoms with van der Waals surface area (Å²) in [4.78, 5) is 20.2. The number of benzene rings is 2. The Morgan fingerprint density at radius 2 is 1.96 bits per heavy atom. The number of hydrogen-bond acceptors (Lipinski definition) is 6. The first-order valence-corrected chi connectivity index (χ1v) is 8.32.